The molecule has 0 aliphatic carbocycles. The number of rotatable bonds is 10. The highest BCUT2D eigenvalue weighted by Crippen LogP contribution is 2.30. The van der Waals surface area contributed by atoms with Gasteiger partial charge in [-0.25, -0.2) is 4.98 Å². The summed E-state index contributed by atoms with van der Waals surface area (Å²) in [6.07, 6.45) is -5.33. The Balaban J connectivity index is 2.69. The third kappa shape index (κ3) is 7.68. The maximum Gasteiger partial charge on any atom is 0.303 e. The Bertz CT molecular complexity index is 1160. The summed E-state index contributed by atoms with van der Waals surface area (Å²) in [7, 11) is 1.42. The van der Waals surface area contributed by atoms with E-state index < -0.39 is 83.9 Å². The molecule has 0 unspecified atom stereocenters. The highest BCUT2D eigenvalue weighted by atomic mass is 35.5. The first kappa shape index (κ1) is 31.1. The lowest BCUT2D eigenvalue weighted by Crippen LogP contribution is -2.64. The number of halogens is 1. The van der Waals surface area contributed by atoms with Gasteiger partial charge in [0.15, 0.2) is 35.5 Å². The first-order valence-corrected chi connectivity index (χ1v) is 12.9. The standard InChI is InChI=1S/C22H28ClN3O11S/c1-9(27)33-8-14-16(34-10(2)28)17(35-11(3)29)18(36-12(4)30)20(37-14)24-19-15(13(31)7-23)21(32)26(5)22(25-19)38-6/h14,16-18,20,24H,7-8H2,1-6H3/t14-,16+,17-,18-,20+/m0/s1. The third-order valence-corrected chi connectivity index (χ3v) is 6.08. The van der Waals surface area contributed by atoms with Crippen molar-refractivity contribution < 1.29 is 47.7 Å². The molecular formula is C22H28ClN3O11S. The van der Waals surface area contributed by atoms with Gasteiger partial charge in [0, 0.05) is 34.7 Å². The van der Waals surface area contributed by atoms with Crippen LogP contribution in [0.25, 0.3) is 0 Å². The molecule has 0 bridgehead atoms. The van der Waals surface area contributed by atoms with Gasteiger partial charge in [0.1, 0.15) is 24.1 Å². The van der Waals surface area contributed by atoms with Gasteiger partial charge in [-0.2, -0.15) is 0 Å². The molecule has 1 aromatic rings. The zero-order valence-corrected chi connectivity index (χ0v) is 23.0. The number of ketones is 1. The number of nitrogens with one attached hydrogen (secondary N) is 1. The predicted octanol–water partition coefficient (Wildman–Crippen LogP) is 0.419. The second-order valence-electron chi connectivity index (χ2n) is 8.01. The van der Waals surface area contributed by atoms with Crippen molar-refractivity contribution in [3.63, 3.8) is 0 Å². The van der Waals surface area contributed by atoms with E-state index in [1.165, 1.54) is 7.05 Å². The Kier molecular flexibility index (Phi) is 11.1. The van der Waals surface area contributed by atoms with E-state index in [-0.39, 0.29) is 11.0 Å². The summed E-state index contributed by atoms with van der Waals surface area (Å²) in [4.78, 5) is 77.3. The van der Waals surface area contributed by atoms with Crippen LogP contribution in [0, 0.1) is 0 Å². The highest BCUT2D eigenvalue weighted by molar-refractivity contribution is 7.98. The molecule has 0 amide bonds. The van der Waals surface area contributed by atoms with Crippen LogP contribution in [0.3, 0.4) is 0 Å². The number of nitrogens with zero attached hydrogens (tertiary/aromatic N) is 2. The molecular weight excluding hydrogens is 550 g/mol. The van der Waals surface area contributed by atoms with Crippen LogP contribution in [-0.4, -0.2) is 88.6 Å². The third-order valence-electron chi connectivity index (χ3n) is 5.10. The first-order chi connectivity index (χ1) is 17.8. The molecule has 1 fully saturated rings. The fraction of sp³-hybridized carbons (Fsp3) is 0.591. The van der Waals surface area contributed by atoms with Gasteiger partial charge in [0.05, 0.1) is 5.88 Å². The molecule has 2 heterocycles. The van der Waals surface area contributed by atoms with Crippen molar-refractivity contribution in [2.45, 2.75) is 63.5 Å². The van der Waals surface area contributed by atoms with E-state index in [4.69, 9.17) is 35.3 Å². The van der Waals surface area contributed by atoms with Gasteiger partial charge in [-0.1, -0.05) is 11.8 Å². The van der Waals surface area contributed by atoms with Crippen LogP contribution in [0.4, 0.5) is 5.82 Å². The number of thioether (sulfide) groups is 1. The van der Waals surface area contributed by atoms with Gasteiger partial charge in [0.25, 0.3) is 5.56 Å². The van der Waals surface area contributed by atoms with Gasteiger partial charge in [-0.3, -0.25) is 33.3 Å². The fourth-order valence-corrected chi connectivity index (χ4v) is 4.34. The minimum Gasteiger partial charge on any atom is -0.463 e. The summed E-state index contributed by atoms with van der Waals surface area (Å²) in [5.41, 5.74) is -1.10. The van der Waals surface area contributed by atoms with E-state index in [0.717, 1.165) is 44.0 Å². The first-order valence-electron chi connectivity index (χ1n) is 11.1. The van der Waals surface area contributed by atoms with E-state index in [9.17, 15) is 28.8 Å². The summed E-state index contributed by atoms with van der Waals surface area (Å²) >= 11 is 6.84. The van der Waals surface area contributed by atoms with E-state index in [0.29, 0.717) is 0 Å². The number of alkyl halides is 1. The Morgan fingerprint density at radius 1 is 0.974 bits per heavy atom. The van der Waals surface area contributed by atoms with Crippen LogP contribution in [0.2, 0.25) is 0 Å². The van der Waals surface area contributed by atoms with Gasteiger partial charge >= 0.3 is 23.9 Å². The highest BCUT2D eigenvalue weighted by Gasteiger charge is 2.52. The van der Waals surface area contributed by atoms with Crippen LogP contribution in [0.5, 0.6) is 0 Å². The summed E-state index contributed by atoms with van der Waals surface area (Å²) in [6, 6.07) is 0. The van der Waals surface area contributed by atoms with E-state index in [2.05, 4.69) is 10.3 Å². The monoisotopic (exact) mass is 577 g/mol. The molecule has 0 saturated carbocycles. The molecule has 1 aliphatic rings. The Labute approximate surface area is 226 Å². The van der Waals surface area contributed by atoms with Gasteiger partial charge in [-0.05, 0) is 6.26 Å². The zero-order valence-electron chi connectivity index (χ0n) is 21.5. The van der Waals surface area contributed by atoms with Crippen LogP contribution in [0.15, 0.2) is 9.95 Å². The van der Waals surface area contributed by atoms with Crippen molar-refractivity contribution in [3.05, 3.63) is 15.9 Å². The topological polar surface area (TPSA) is 178 Å². The fourth-order valence-electron chi connectivity index (χ4n) is 3.67. The van der Waals surface area contributed by atoms with Crippen molar-refractivity contribution in [1.29, 1.82) is 0 Å². The average molecular weight is 578 g/mol. The Morgan fingerprint density at radius 2 is 1.53 bits per heavy atom. The molecule has 1 N–H and O–H groups in total. The van der Waals surface area contributed by atoms with Crippen LogP contribution >= 0.6 is 23.4 Å². The van der Waals surface area contributed by atoms with Crippen LogP contribution in [0.1, 0.15) is 38.1 Å². The second-order valence-corrected chi connectivity index (χ2v) is 9.05. The molecule has 0 spiro atoms. The number of esters is 4. The van der Waals surface area contributed by atoms with Crippen molar-refractivity contribution in [2.75, 3.05) is 24.1 Å². The number of carbonyl (C=O) groups excluding carboxylic acids is 5. The summed E-state index contributed by atoms with van der Waals surface area (Å²) in [5.74, 6) is -4.64. The number of aromatic nitrogens is 2. The smallest absolute Gasteiger partial charge is 0.303 e. The summed E-state index contributed by atoms with van der Waals surface area (Å²) in [6.45, 7) is 3.94. The minimum absolute atomic E-state index is 0.217. The van der Waals surface area contributed by atoms with E-state index in [1.54, 1.807) is 6.26 Å². The molecule has 0 aromatic carbocycles. The molecule has 14 nitrogen and oxygen atoms in total. The number of ether oxygens (including phenoxy) is 5. The molecule has 1 aromatic heterocycles. The van der Waals surface area contributed by atoms with Crippen molar-refractivity contribution >= 4 is 58.8 Å². The molecule has 2 rings (SSSR count). The Morgan fingerprint density at radius 3 is 2.03 bits per heavy atom. The average Bonchev–Trinajstić information content (AvgIpc) is 2.82. The summed E-state index contributed by atoms with van der Waals surface area (Å²) in [5, 5.41) is 2.99. The second kappa shape index (κ2) is 13.6. The predicted molar refractivity (Wildman–Crippen MR) is 132 cm³/mol. The van der Waals surface area contributed by atoms with Crippen LogP contribution in [-0.2, 0) is 49.9 Å². The van der Waals surface area contributed by atoms with E-state index >= 15 is 0 Å². The van der Waals surface area contributed by atoms with Crippen molar-refractivity contribution in [3.8, 4) is 0 Å². The van der Waals surface area contributed by atoms with Gasteiger partial charge in [0.2, 0.25) is 0 Å². The molecule has 38 heavy (non-hydrogen) atoms. The zero-order chi connectivity index (χ0) is 28.7. The Hall–Kier alpha value is -3.17. The normalized spacial score (nSPS) is 22.7. The van der Waals surface area contributed by atoms with Crippen molar-refractivity contribution in [2.24, 2.45) is 7.05 Å². The lowest BCUT2D eigenvalue weighted by Gasteiger charge is -2.44. The molecule has 1 saturated heterocycles. The largest absolute Gasteiger partial charge is 0.463 e. The summed E-state index contributed by atoms with van der Waals surface area (Å²) < 4.78 is 28.2. The SMILES string of the molecule is CSc1nc(N[C@@H]2O[C@@H](COC(C)=O)[C@@H](OC(C)=O)[C@H](OC(C)=O)[C@@H]2OC(C)=O)c(C(=O)CCl)c(=O)n1C. The number of hydrogen-bond acceptors (Lipinski definition) is 14. The maximum absolute atomic E-state index is 13.0. The molecule has 210 valence electrons. The van der Waals surface area contributed by atoms with E-state index in [1.807, 2.05) is 0 Å². The lowest BCUT2D eigenvalue weighted by molar-refractivity contribution is -0.247. The molecule has 5 atom stereocenters. The van der Waals surface area contributed by atoms with Gasteiger partial charge < -0.3 is 29.0 Å². The molecule has 16 heteroatoms. The molecule has 0 radical (unpaired) electrons. The lowest BCUT2D eigenvalue weighted by atomic mass is 9.97. The van der Waals surface area contributed by atoms with Crippen molar-refractivity contribution in [1.82, 2.24) is 9.55 Å². The number of anilines is 1. The molecule has 1 aliphatic heterocycles. The number of carbonyl (C=O) groups is 5. The maximum atomic E-state index is 13.0. The minimum atomic E-state index is -1.48. The number of hydrogen-bond donors (Lipinski definition) is 1. The number of Topliss-reactive ketones (excluding diaryl/α,β-unsaturated/α-hetero) is 1. The van der Waals surface area contributed by atoms with Gasteiger partial charge in [-0.15, -0.1) is 11.6 Å². The quantitative estimate of drug-likeness (QED) is 0.101. The van der Waals surface area contributed by atoms with Crippen LogP contribution < -0.4 is 10.9 Å².